The molecule has 0 N–H and O–H groups in total. The first-order valence-electron chi connectivity index (χ1n) is 5.78. The first-order chi connectivity index (χ1) is 8.89. The standard InChI is InChI=1S/C14H15ClO3S/c1-18-13-6-5-10-7-12(4-3-11(10)8-13)14(15)9-19(2,16)17/h3-8,14H,9H2,1-2H3. The molecule has 0 bridgehead atoms. The third kappa shape index (κ3) is 3.61. The summed E-state index contributed by atoms with van der Waals surface area (Å²) in [7, 11) is -1.47. The molecule has 1 unspecified atom stereocenters. The second kappa shape index (κ2) is 5.39. The van der Waals surface area contributed by atoms with Gasteiger partial charge in [0.25, 0.3) is 0 Å². The smallest absolute Gasteiger partial charge is 0.149 e. The summed E-state index contributed by atoms with van der Waals surface area (Å²) >= 11 is 6.15. The van der Waals surface area contributed by atoms with Gasteiger partial charge in [-0.15, -0.1) is 11.6 Å². The molecule has 1 atom stereocenters. The highest BCUT2D eigenvalue weighted by Crippen LogP contribution is 2.27. The molecular weight excluding hydrogens is 284 g/mol. The number of halogens is 1. The van der Waals surface area contributed by atoms with Crippen LogP contribution in [0.3, 0.4) is 0 Å². The minimum Gasteiger partial charge on any atom is -0.497 e. The van der Waals surface area contributed by atoms with Crippen LogP contribution in [-0.2, 0) is 9.84 Å². The number of sulfone groups is 1. The van der Waals surface area contributed by atoms with Crippen LogP contribution in [0.4, 0.5) is 0 Å². The highest BCUT2D eigenvalue weighted by molar-refractivity contribution is 7.90. The average molecular weight is 299 g/mol. The van der Waals surface area contributed by atoms with Crippen molar-refractivity contribution < 1.29 is 13.2 Å². The summed E-state index contributed by atoms with van der Waals surface area (Å²) in [6.45, 7) is 0. The summed E-state index contributed by atoms with van der Waals surface area (Å²) in [6, 6.07) is 11.4. The number of hydrogen-bond donors (Lipinski definition) is 0. The Bertz CT molecular complexity index is 695. The Labute approximate surface area is 118 Å². The van der Waals surface area contributed by atoms with Crippen LogP contribution in [0.1, 0.15) is 10.9 Å². The van der Waals surface area contributed by atoms with Crippen molar-refractivity contribution in [3.05, 3.63) is 42.0 Å². The van der Waals surface area contributed by atoms with Crippen LogP contribution in [-0.4, -0.2) is 27.5 Å². The van der Waals surface area contributed by atoms with Crippen LogP contribution < -0.4 is 4.74 Å². The third-order valence-corrected chi connectivity index (χ3v) is 4.41. The molecule has 0 fully saturated rings. The van der Waals surface area contributed by atoms with Gasteiger partial charge in [0.05, 0.1) is 18.2 Å². The topological polar surface area (TPSA) is 43.4 Å². The second-order valence-electron chi connectivity index (χ2n) is 4.53. The van der Waals surface area contributed by atoms with Crippen molar-refractivity contribution >= 4 is 32.2 Å². The number of fused-ring (bicyclic) bond motifs is 1. The zero-order valence-corrected chi connectivity index (χ0v) is 12.3. The third-order valence-electron chi connectivity index (χ3n) is 2.88. The lowest BCUT2D eigenvalue weighted by Crippen LogP contribution is -2.08. The summed E-state index contributed by atoms with van der Waals surface area (Å²) in [4.78, 5) is 0. The van der Waals surface area contributed by atoms with Gasteiger partial charge in [0.1, 0.15) is 15.6 Å². The minimum absolute atomic E-state index is 0.0593. The average Bonchev–Trinajstić information content (AvgIpc) is 2.35. The fourth-order valence-corrected chi connectivity index (χ4v) is 3.47. The molecule has 0 aliphatic carbocycles. The van der Waals surface area contributed by atoms with E-state index in [9.17, 15) is 8.42 Å². The van der Waals surface area contributed by atoms with Gasteiger partial charge in [0.15, 0.2) is 0 Å². The van der Waals surface area contributed by atoms with Crippen molar-refractivity contribution in [2.24, 2.45) is 0 Å². The molecule has 0 heterocycles. The van der Waals surface area contributed by atoms with Gasteiger partial charge in [0.2, 0.25) is 0 Å². The molecule has 0 amide bonds. The molecule has 2 aromatic rings. The van der Waals surface area contributed by atoms with E-state index >= 15 is 0 Å². The Morgan fingerprint density at radius 2 is 1.79 bits per heavy atom. The van der Waals surface area contributed by atoms with Crippen molar-refractivity contribution in [1.29, 1.82) is 0 Å². The van der Waals surface area contributed by atoms with Crippen LogP contribution in [0.15, 0.2) is 36.4 Å². The van der Waals surface area contributed by atoms with E-state index in [2.05, 4.69) is 0 Å². The van der Waals surface area contributed by atoms with Crippen LogP contribution in [0.5, 0.6) is 5.75 Å². The molecule has 5 heteroatoms. The summed E-state index contributed by atoms with van der Waals surface area (Å²) in [5, 5.41) is 1.52. The lowest BCUT2D eigenvalue weighted by atomic mass is 10.1. The van der Waals surface area contributed by atoms with E-state index in [1.54, 1.807) is 7.11 Å². The Hall–Kier alpha value is -1.26. The maximum absolute atomic E-state index is 11.3. The fourth-order valence-electron chi connectivity index (χ4n) is 1.93. The SMILES string of the molecule is COc1ccc2cc(C(Cl)CS(C)(=O)=O)ccc2c1. The van der Waals surface area contributed by atoms with Gasteiger partial charge in [-0.3, -0.25) is 0 Å². The lowest BCUT2D eigenvalue weighted by Gasteiger charge is -2.10. The zero-order valence-electron chi connectivity index (χ0n) is 10.8. The molecule has 0 aromatic heterocycles. The Kier molecular flexibility index (Phi) is 4.02. The van der Waals surface area contributed by atoms with Crippen LogP contribution in [0.25, 0.3) is 10.8 Å². The number of ether oxygens (including phenoxy) is 1. The fraction of sp³-hybridized carbons (Fsp3) is 0.286. The van der Waals surface area contributed by atoms with E-state index in [0.29, 0.717) is 0 Å². The summed E-state index contributed by atoms with van der Waals surface area (Å²) < 4.78 is 27.7. The van der Waals surface area contributed by atoms with E-state index in [0.717, 1.165) is 22.1 Å². The molecule has 0 spiro atoms. The number of hydrogen-bond acceptors (Lipinski definition) is 3. The van der Waals surface area contributed by atoms with Crippen molar-refractivity contribution in [1.82, 2.24) is 0 Å². The van der Waals surface area contributed by atoms with Crippen molar-refractivity contribution in [3.63, 3.8) is 0 Å². The summed E-state index contributed by atoms with van der Waals surface area (Å²) in [5.74, 6) is 0.731. The Morgan fingerprint density at radius 3 is 2.42 bits per heavy atom. The second-order valence-corrected chi connectivity index (χ2v) is 7.24. The molecule has 2 aromatic carbocycles. The molecule has 0 aliphatic rings. The maximum Gasteiger partial charge on any atom is 0.149 e. The maximum atomic E-state index is 11.3. The predicted octanol–water partition coefficient (Wildman–Crippen LogP) is 3.17. The molecule has 0 radical (unpaired) electrons. The molecule has 102 valence electrons. The van der Waals surface area contributed by atoms with Crippen molar-refractivity contribution in [2.75, 3.05) is 19.1 Å². The largest absolute Gasteiger partial charge is 0.497 e. The summed E-state index contributed by atoms with van der Waals surface area (Å²) in [5.41, 5.74) is 0.810. The van der Waals surface area contributed by atoms with Gasteiger partial charge in [-0.25, -0.2) is 8.42 Å². The van der Waals surface area contributed by atoms with Gasteiger partial charge in [-0.1, -0.05) is 18.2 Å². The van der Waals surface area contributed by atoms with Gasteiger partial charge in [-0.05, 0) is 34.5 Å². The summed E-state index contributed by atoms with van der Waals surface area (Å²) in [6.07, 6.45) is 1.19. The molecule has 2 rings (SSSR count). The van der Waals surface area contributed by atoms with E-state index in [4.69, 9.17) is 16.3 Å². The van der Waals surface area contributed by atoms with Gasteiger partial charge in [0, 0.05) is 6.26 Å². The predicted molar refractivity (Wildman–Crippen MR) is 78.8 cm³/mol. The first-order valence-corrected chi connectivity index (χ1v) is 8.28. The number of rotatable bonds is 4. The molecule has 19 heavy (non-hydrogen) atoms. The quantitative estimate of drug-likeness (QED) is 0.814. The Morgan fingerprint density at radius 1 is 1.16 bits per heavy atom. The Balaban J connectivity index is 2.36. The van der Waals surface area contributed by atoms with Crippen molar-refractivity contribution in [2.45, 2.75) is 5.38 Å². The van der Waals surface area contributed by atoms with E-state index in [1.165, 1.54) is 6.26 Å². The first kappa shape index (κ1) is 14.2. The molecule has 0 saturated carbocycles. The van der Waals surface area contributed by atoms with E-state index < -0.39 is 15.2 Å². The number of methoxy groups -OCH3 is 1. The lowest BCUT2D eigenvalue weighted by molar-refractivity contribution is 0.415. The van der Waals surface area contributed by atoms with Crippen LogP contribution >= 0.6 is 11.6 Å². The van der Waals surface area contributed by atoms with E-state index in [-0.39, 0.29) is 5.75 Å². The van der Waals surface area contributed by atoms with Gasteiger partial charge >= 0.3 is 0 Å². The minimum atomic E-state index is -3.09. The van der Waals surface area contributed by atoms with Crippen molar-refractivity contribution in [3.8, 4) is 5.75 Å². The van der Waals surface area contributed by atoms with Gasteiger partial charge < -0.3 is 4.74 Å². The van der Waals surface area contributed by atoms with Gasteiger partial charge in [-0.2, -0.15) is 0 Å². The van der Waals surface area contributed by atoms with Crippen LogP contribution in [0.2, 0.25) is 0 Å². The molecule has 0 aliphatic heterocycles. The molecule has 0 saturated heterocycles. The zero-order chi connectivity index (χ0) is 14.0. The highest BCUT2D eigenvalue weighted by atomic mass is 35.5. The van der Waals surface area contributed by atoms with E-state index in [1.807, 2.05) is 36.4 Å². The van der Waals surface area contributed by atoms with Crippen LogP contribution in [0, 0.1) is 0 Å². The molecule has 3 nitrogen and oxygen atoms in total. The monoisotopic (exact) mass is 298 g/mol. The molecular formula is C14H15ClO3S. The normalized spacial score (nSPS) is 13.4. The highest BCUT2D eigenvalue weighted by Gasteiger charge is 2.15. The number of alkyl halides is 1. The number of benzene rings is 2.